The molecule has 1 aromatic carbocycles. The van der Waals surface area contributed by atoms with Gasteiger partial charge in [-0.2, -0.15) is 0 Å². The summed E-state index contributed by atoms with van der Waals surface area (Å²) in [7, 11) is 0. The van der Waals surface area contributed by atoms with E-state index in [1.54, 1.807) is 0 Å². The van der Waals surface area contributed by atoms with E-state index in [1.165, 1.54) is 12.1 Å². The maximum atomic E-state index is 12.1. The van der Waals surface area contributed by atoms with Gasteiger partial charge in [-0.3, -0.25) is 9.69 Å². The lowest BCUT2D eigenvalue weighted by Crippen LogP contribution is -2.38. The third kappa shape index (κ3) is 2.88. The van der Waals surface area contributed by atoms with Crippen molar-refractivity contribution in [2.24, 2.45) is 5.92 Å². The number of aromatic hydroxyl groups is 2. The van der Waals surface area contributed by atoms with Gasteiger partial charge in [-0.15, -0.1) is 0 Å². The van der Waals surface area contributed by atoms with E-state index in [4.69, 9.17) is 0 Å². The maximum Gasteiger partial charge on any atom is 0.180 e. The van der Waals surface area contributed by atoms with Gasteiger partial charge in [-0.25, -0.2) is 0 Å². The van der Waals surface area contributed by atoms with Crippen LogP contribution in [0.25, 0.3) is 0 Å². The molecule has 0 amide bonds. The number of hydrogen-bond donors (Lipinski definition) is 3. The average molecular weight is 265 g/mol. The Morgan fingerprint density at radius 2 is 2.16 bits per heavy atom. The molecular formula is C14H19NO4. The first-order valence-corrected chi connectivity index (χ1v) is 6.43. The van der Waals surface area contributed by atoms with E-state index in [0.717, 1.165) is 19.0 Å². The largest absolute Gasteiger partial charge is 0.508 e. The number of carbonyl (C=O) groups excluding carboxylic acids is 1. The molecule has 1 aromatic rings. The van der Waals surface area contributed by atoms with Gasteiger partial charge >= 0.3 is 0 Å². The first-order valence-electron chi connectivity index (χ1n) is 6.43. The summed E-state index contributed by atoms with van der Waals surface area (Å²) in [5.74, 6) is -0.119. The van der Waals surface area contributed by atoms with Crippen molar-refractivity contribution in [3.63, 3.8) is 0 Å². The van der Waals surface area contributed by atoms with Crippen molar-refractivity contribution in [3.05, 3.63) is 23.8 Å². The molecule has 0 aliphatic carbocycles. The Hall–Kier alpha value is -1.59. The Labute approximate surface area is 112 Å². The van der Waals surface area contributed by atoms with Gasteiger partial charge in [0.25, 0.3) is 0 Å². The van der Waals surface area contributed by atoms with Gasteiger partial charge < -0.3 is 15.3 Å². The number of phenols is 2. The predicted octanol–water partition coefficient (Wildman–Crippen LogP) is 0.983. The smallest absolute Gasteiger partial charge is 0.180 e. The van der Waals surface area contributed by atoms with Gasteiger partial charge in [0.05, 0.1) is 18.7 Å². The zero-order chi connectivity index (χ0) is 14.0. The van der Waals surface area contributed by atoms with Crippen LogP contribution in [0, 0.1) is 5.92 Å². The third-order valence-corrected chi connectivity index (χ3v) is 3.81. The number of benzene rings is 1. The first-order chi connectivity index (χ1) is 9.02. The van der Waals surface area contributed by atoms with Gasteiger partial charge in [0.2, 0.25) is 0 Å². The fourth-order valence-electron chi connectivity index (χ4n) is 2.60. The molecule has 0 radical (unpaired) electrons. The molecule has 1 saturated heterocycles. The molecule has 2 atom stereocenters. The van der Waals surface area contributed by atoms with E-state index < -0.39 is 0 Å². The second kappa shape index (κ2) is 5.59. The van der Waals surface area contributed by atoms with E-state index in [-0.39, 0.29) is 42.0 Å². The monoisotopic (exact) mass is 265 g/mol. The van der Waals surface area contributed by atoms with Gasteiger partial charge in [0.15, 0.2) is 5.78 Å². The Balaban J connectivity index is 2.09. The van der Waals surface area contributed by atoms with Crippen LogP contribution in [-0.4, -0.2) is 51.7 Å². The number of likely N-dealkylation sites (tertiary alicyclic amines) is 1. The molecule has 0 spiro atoms. The normalized spacial score (nSPS) is 23.7. The zero-order valence-corrected chi connectivity index (χ0v) is 10.9. The predicted molar refractivity (Wildman–Crippen MR) is 70.3 cm³/mol. The van der Waals surface area contributed by atoms with Crippen LogP contribution in [0.1, 0.15) is 23.7 Å². The number of Topliss-reactive ketones (excluding diaryl/α,β-unsaturated/α-hetero) is 1. The average Bonchev–Trinajstić information content (AvgIpc) is 2.69. The molecule has 0 bridgehead atoms. The van der Waals surface area contributed by atoms with Crippen molar-refractivity contribution >= 4 is 5.78 Å². The van der Waals surface area contributed by atoms with Crippen molar-refractivity contribution in [1.82, 2.24) is 4.90 Å². The number of hydrogen-bond acceptors (Lipinski definition) is 5. The van der Waals surface area contributed by atoms with Crippen molar-refractivity contribution < 1.29 is 20.1 Å². The number of aliphatic hydroxyl groups excluding tert-OH is 1. The van der Waals surface area contributed by atoms with E-state index in [1.807, 2.05) is 4.90 Å². The van der Waals surface area contributed by atoms with Crippen LogP contribution in [0.4, 0.5) is 0 Å². The molecule has 1 fully saturated rings. The summed E-state index contributed by atoms with van der Waals surface area (Å²) in [6.45, 7) is 3.05. The summed E-state index contributed by atoms with van der Waals surface area (Å²) in [5.41, 5.74) is 0.203. The first kappa shape index (κ1) is 13.8. The van der Waals surface area contributed by atoms with Crippen LogP contribution in [0.2, 0.25) is 0 Å². The summed E-state index contributed by atoms with van der Waals surface area (Å²) in [5, 5.41) is 28.2. The van der Waals surface area contributed by atoms with E-state index >= 15 is 0 Å². The Morgan fingerprint density at radius 3 is 2.79 bits per heavy atom. The Bertz CT molecular complexity index is 475. The highest BCUT2D eigenvalue weighted by atomic mass is 16.3. The lowest BCUT2D eigenvalue weighted by Gasteiger charge is -2.24. The van der Waals surface area contributed by atoms with Crippen LogP contribution in [0.3, 0.4) is 0 Å². The van der Waals surface area contributed by atoms with Gasteiger partial charge in [0, 0.05) is 12.1 Å². The van der Waals surface area contributed by atoms with Gasteiger partial charge in [-0.1, -0.05) is 6.92 Å². The molecule has 104 valence electrons. The molecule has 3 N–H and O–H groups in total. The second-order valence-corrected chi connectivity index (χ2v) is 5.11. The molecule has 0 saturated carbocycles. The highest BCUT2D eigenvalue weighted by Gasteiger charge is 2.32. The van der Waals surface area contributed by atoms with Gasteiger partial charge in [0.1, 0.15) is 11.5 Å². The van der Waals surface area contributed by atoms with Crippen molar-refractivity contribution in [2.75, 3.05) is 19.7 Å². The van der Waals surface area contributed by atoms with E-state index in [9.17, 15) is 20.1 Å². The van der Waals surface area contributed by atoms with E-state index in [0.29, 0.717) is 5.92 Å². The summed E-state index contributed by atoms with van der Waals surface area (Å²) in [4.78, 5) is 14.1. The number of ketones is 1. The standard InChI is InChI=1S/C14H19NO4/c1-9-4-5-15(12(9)8-16)7-14(19)11-3-2-10(17)6-13(11)18/h2-3,6,9,12,16-18H,4-5,7-8H2,1H3. The molecule has 19 heavy (non-hydrogen) atoms. The van der Waals surface area contributed by atoms with Gasteiger partial charge in [-0.05, 0) is 31.0 Å². The maximum absolute atomic E-state index is 12.1. The second-order valence-electron chi connectivity index (χ2n) is 5.11. The van der Waals surface area contributed by atoms with Crippen molar-refractivity contribution in [1.29, 1.82) is 0 Å². The molecule has 2 unspecified atom stereocenters. The molecule has 0 aromatic heterocycles. The molecule has 1 aliphatic heterocycles. The molecule has 5 heteroatoms. The topological polar surface area (TPSA) is 81.0 Å². The fourth-order valence-corrected chi connectivity index (χ4v) is 2.60. The lowest BCUT2D eigenvalue weighted by atomic mass is 10.0. The Kier molecular flexibility index (Phi) is 4.07. The summed E-state index contributed by atoms with van der Waals surface area (Å²) in [6, 6.07) is 3.95. The minimum absolute atomic E-state index is 0.00297. The van der Waals surface area contributed by atoms with Crippen LogP contribution < -0.4 is 0 Å². The van der Waals surface area contributed by atoms with Crippen LogP contribution in [0.15, 0.2) is 18.2 Å². The van der Waals surface area contributed by atoms with Crippen LogP contribution in [-0.2, 0) is 0 Å². The molecule has 1 heterocycles. The van der Waals surface area contributed by atoms with Crippen molar-refractivity contribution in [2.45, 2.75) is 19.4 Å². The summed E-state index contributed by atoms with van der Waals surface area (Å²) in [6.07, 6.45) is 0.958. The number of phenolic OH excluding ortho intramolecular Hbond substituents is 2. The SMILES string of the molecule is CC1CCN(CC(=O)c2ccc(O)cc2O)C1CO. The molecule has 1 aliphatic rings. The number of aliphatic hydroxyl groups is 1. The quantitative estimate of drug-likeness (QED) is 0.707. The highest BCUT2D eigenvalue weighted by molar-refractivity contribution is 6.00. The van der Waals surface area contributed by atoms with Crippen molar-refractivity contribution in [3.8, 4) is 11.5 Å². The Morgan fingerprint density at radius 1 is 1.42 bits per heavy atom. The molecule has 5 nitrogen and oxygen atoms in total. The number of carbonyl (C=O) groups is 1. The minimum Gasteiger partial charge on any atom is -0.508 e. The van der Waals surface area contributed by atoms with Crippen LogP contribution >= 0.6 is 0 Å². The molecule has 2 rings (SSSR count). The number of rotatable bonds is 4. The van der Waals surface area contributed by atoms with E-state index in [2.05, 4.69) is 6.92 Å². The lowest BCUT2D eigenvalue weighted by molar-refractivity contribution is 0.0863. The minimum atomic E-state index is -0.210. The third-order valence-electron chi connectivity index (χ3n) is 3.81. The highest BCUT2D eigenvalue weighted by Crippen LogP contribution is 2.26. The summed E-state index contributed by atoms with van der Waals surface area (Å²) >= 11 is 0. The fraction of sp³-hybridized carbons (Fsp3) is 0.500. The summed E-state index contributed by atoms with van der Waals surface area (Å²) < 4.78 is 0. The number of nitrogens with zero attached hydrogens (tertiary/aromatic N) is 1. The molecular weight excluding hydrogens is 246 g/mol. The zero-order valence-electron chi connectivity index (χ0n) is 10.9. The van der Waals surface area contributed by atoms with Crippen LogP contribution in [0.5, 0.6) is 11.5 Å².